The predicted molar refractivity (Wildman–Crippen MR) is 51.8 cm³/mol. The van der Waals surface area contributed by atoms with Gasteiger partial charge < -0.3 is 0 Å². The predicted octanol–water partition coefficient (Wildman–Crippen LogP) is 1.67. The van der Waals surface area contributed by atoms with Crippen molar-refractivity contribution in [3.05, 3.63) is 36.3 Å². The molecule has 0 saturated carbocycles. The molecule has 1 N–H and O–H groups in total. The van der Waals surface area contributed by atoms with Gasteiger partial charge >= 0.3 is 0 Å². The number of H-pyrrole nitrogens is 1. The largest absolute Gasteiger partial charge is 0.294 e. The molecular weight excluding hydrogens is 178 g/mol. The van der Waals surface area contributed by atoms with Crippen LogP contribution in [0.25, 0.3) is 11.3 Å². The summed E-state index contributed by atoms with van der Waals surface area (Å²) in [6, 6.07) is 3.64. The summed E-state index contributed by atoms with van der Waals surface area (Å²) in [5, 5.41) is 6.72. The van der Waals surface area contributed by atoms with Gasteiger partial charge in [-0.2, -0.15) is 5.10 Å². The van der Waals surface area contributed by atoms with E-state index in [0.29, 0.717) is 11.3 Å². The van der Waals surface area contributed by atoms with Crippen molar-refractivity contribution in [3.8, 4) is 11.3 Å². The van der Waals surface area contributed by atoms with E-state index in [-0.39, 0.29) is 5.78 Å². The van der Waals surface area contributed by atoms with Crippen LogP contribution in [0.3, 0.4) is 0 Å². The second-order valence-corrected chi connectivity index (χ2v) is 2.94. The number of aromatic nitrogens is 3. The van der Waals surface area contributed by atoms with E-state index in [4.69, 9.17) is 0 Å². The number of aromatic amines is 1. The van der Waals surface area contributed by atoms with E-state index in [9.17, 15) is 4.79 Å². The molecule has 2 heterocycles. The number of pyridine rings is 1. The normalized spacial score (nSPS) is 10.1. The monoisotopic (exact) mass is 187 g/mol. The molecule has 0 saturated heterocycles. The quantitative estimate of drug-likeness (QED) is 0.727. The van der Waals surface area contributed by atoms with E-state index in [2.05, 4.69) is 15.2 Å². The molecular formula is C10H9N3O. The molecule has 0 aliphatic rings. The zero-order valence-corrected chi connectivity index (χ0v) is 7.69. The highest BCUT2D eigenvalue weighted by molar-refractivity contribution is 5.99. The summed E-state index contributed by atoms with van der Waals surface area (Å²) < 4.78 is 0. The molecule has 0 amide bonds. The van der Waals surface area contributed by atoms with Crippen molar-refractivity contribution >= 4 is 5.78 Å². The first-order valence-electron chi connectivity index (χ1n) is 4.24. The van der Waals surface area contributed by atoms with Gasteiger partial charge in [-0.3, -0.25) is 14.9 Å². The molecule has 2 aromatic heterocycles. The molecule has 2 aromatic rings. The number of Topliss-reactive ketones (excluding diaryl/α,β-unsaturated/α-hetero) is 1. The number of rotatable bonds is 2. The van der Waals surface area contributed by atoms with Gasteiger partial charge in [-0.25, -0.2) is 0 Å². The van der Waals surface area contributed by atoms with Crippen LogP contribution >= 0.6 is 0 Å². The first-order valence-corrected chi connectivity index (χ1v) is 4.24. The van der Waals surface area contributed by atoms with E-state index in [1.165, 1.54) is 6.92 Å². The fraction of sp³-hybridized carbons (Fsp3) is 0.100. The Kier molecular flexibility index (Phi) is 2.10. The lowest BCUT2D eigenvalue weighted by Crippen LogP contribution is -1.92. The van der Waals surface area contributed by atoms with Crippen LogP contribution in [0.4, 0.5) is 0 Å². The molecule has 4 nitrogen and oxygen atoms in total. The summed E-state index contributed by atoms with van der Waals surface area (Å²) in [5.74, 6) is 0.00515. The molecule has 0 aromatic carbocycles. The zero-order valence-electron chi connectivity index (χ0n) is 7.69. The van der Waals surface area contributed by atoms with Crippen molar-refractivity contribution < 1.29 is 4.79 Å². The second kappa shape index (κ2) is 3.41. The van der Waals surface area contributed by atoms with Crippen molar-refractivity contribution in [2.24, 2.45) is 0 Å². The maximum atomic E-state index is 11.2. The topological polar surface area (TPSA) is 58.6 Å². The molecule has 2 rings (SSSR count). The Bertz CT molecular complexity index is 447. The Balaban J connectivity index is 2.52. The van der Waals surface area contributed by atoms with Gasteiger partial charge in [0.2, 0.25) is 0 Å². The molecule has 0 aliphatic heterocycles. The second-order valence-electron chi connectivity index (χ2n) is 2.94. The van der Waals surface area contributed by atoms with E-state index in [0.717, 1.165) is 5.56 Å². The van der Waals surface area contributed by atoms with Gasteiger partial charge in [0, 0.05) is 24.2 Å². The van der Waals surface area contributed by atoms with E-state index >= 15 is 0 Å². The maximum Gasteiger partial charge on any atom is 0.163 e. The Labute approximate surface area is 81.0 Å². The summed E-state index contributed by atoms with van der Waals surface area (Å²) in [4.78, 5) is 15.1. The smallest absolute Gasteiger partial charge is 0.163 e. The molecule has 0 bridgehead atoms. The highest BCUT2D eigenvalue weighted by Gasteiger charge is 2.11. The van der Waals surface area contributed by atoms with Crippen LogP contribution in [0, 0.1) is 0 Å². The number of ketones is 1. The molecule has 0 spiro atoms. The lowest BCUT2D eigenvalue weighted by atomic mass is 10.1. The van der Waals surface area contributed by atoms with E-state index in [1.54, 1.807) is 18.6 Å². The van der Waals surface area contributed by atoms with Crippen molar-refractivity contribution in [3.63, 3.8) is 0 Å². The molecule has 0 fully saturated rings. The summed E-state index contributed by atoms with van der Waals surface area (Å²) >= 11 is 0. The molecule has 0 aliphatic carbocycles. The summed E-state index contributed by atoms with van der Waals surface area (Å²) in [6.45, 7) is 1.52. The van der Waals surface area contributed by atoms with Gasteiger partial charge in [0.25, 0.3) is 0 Å². The van der Waals surface area contributed by atoms with Crippen LogP contribution in [0.5, 0.6) is 0 Å². The number of carbonyl (C=O) groups excluding carboxylic acids is 1. The number of nitrogens with one attached hydrogen (secondary N) is 1. The van der Waals surface area contributed by atoms with E-state index in [1.807, 2.05) is 12.1 Å². The third-order valence-electron chi connectivity index (χ3n) is 1.97. The van der Waals surface area contributed by atoms with Gasteiger partial charge in [-0.05, 0) is 19.1 Å². The molecule has 70 valence electrons. The minimum absolute atomic E-state index is 0.00515. The minimum atomic E-state index is 0.00515. The zero-order chi connectivity index (χ0) is 9.97. The van der Waals surface area contributed by atoms with Crippen LogP contribution in [-0.4, -0.2) is 21.0 Å². The molecule has 0 unspecified atom stereocenters. The Morgan fingerprint density at radius 1 is 1.36 bits per heavy atom. The number of nitrogens with zero attached hydrogens (tertiary/aromatic N) is 2. The maximum absolute atomic E-state index is 11.2. The highest BCUT2D eigenvalue weighted by Crippen LogP contribution is 2.19. The van der Waals surface area contributed by atoms with Gasteiger partial charge in [0.05, 0.1) is 5.56 Å². The van der Waals surface area contributed by atoms with Crippen LogP contribution in [0.15, 0.2) is 30.7 Å². The SMILES string of the molecule is CC(=O)c1c[nH]nc1-c1ccncc1. The summed E-state index contributed by atoms with van der Waals surface area (Å²) in [6.07, 6.45) is 4.96. The fourth-order valence-corrected chi connectivity index (χ4v) is 1.29. The Hall–Kier alpha value is -1.97. The summed E-state index contributed by atoms with van der Waals surface area (Å²) in [7, 11) is 0. The van der Waals surface area contributed by atoms with Gasteiger partial charge in [-0.15, -0.1) is 0 Å². The summed E-state index contributed by atoms with van der Waals surface area (Å²) in [5.41, 5.74) is 2.18. The number of carbonyl (C=O) groups is 1. The number of hydrogen-bond acceptors (Lipinski definition) is 3. The van der Waals surface area contributed by atoms with Crippen molar-refractivity contribution in [1.29, 1.82) is 0 Å². The van der Waals surface area contributed by atoms with E-state index < -0.39 is 0 Å². The Morgan fingerprint density at radius 2 is 2.07 bits per heavy atom. The third kappa shape index (κ3) is 1.42. The molecule has 0 atom stereocenters. The number of hydrogen-bond donors (Lipinski definition) is 1. The third-order valence-corrected chi connectivity index (χ3v) is 1.97. The van der Waals surface area contributed by atoms with Crippen LogP contribution in [0.1, 0.15) is 17.3 Å². The van der Waals surface area contributed by atoms with Crippen LogP contribution < -0.4 is 0 Å². The van der Waals surface area contributed by atoms with Crippen molar-refractivity contribution in [2.75, 3.05) is 0 Å². The van der Waals surface area contributed by atoms with Gasteiger partial charge in [-0.1, -0.05) is 0 Å². The average Bonchev–Trinajstić information content (AvgIpc) is 2.67. The minimum Gasteiger partial charge on any atom is -0.294 e. The molecule has 14 heavy (non-hydrogen) atoms. The lowest BCUT2D eigenvalue weighted by Gasteiger charge is -1.97. The lowest BCUT2D eigenvalue weighted by molar-refractivity contribution is 0.101. The van der Waals surface area contributed by atoms with Crippen molar-refractivity contribution in [2.45, 2.75) is 6.92 Å². The van der Waals surface area contributed by atoms with Gasteiger partial charge in [0.1, 0.15) is 5.69 Å². The van der Waals surface area contributed by atoms with Crippen LogP contribution in [-0.2, 0) is 0 Å². The molecule has 4 heteroatoms. The van der Waals surface area contributed by atoms with Gasteiger partial charge in [0.15, 0.2) is 5.78 Å². The Morgan fingerprint density at radius 3 is 2.71 bits per heavy atom. The van der Waals surface area contributed by atoms with Crippen molar-refractivity contribution in [1.82, 2.24) is 15.2 Å². The van der Waals surface area contributed by atoms with Crippen LogP contribution in [0.2, 0.25) is 0 Å². The fourth-order valence-electron chi connectivity index (χ4n) is 1.29. The first-order chi connectivity index (χ1) is 6.79. The first kappa shape index (κ1) is 8.62. The highest BCUT2D eigenvalue weighted by atomic mass is 16.1. The standard InChI is InChI=1S/C10H9N3O/c1-7(14)9-6-12-13-10(9)8-2-4-11-5-3-8/h2-6H,1H3,(H,12,13). The molecule has 0 radical (unpaired) electrons. The average molecular weight is 187 g/mol.